The molecule has 0 spiro atoms. The van der Waals surface area contributed by atoms with Gasteiger partial charge in [0, 0.05) is 36.9 Å². The van der Waals surface area contributed by atoms with Crippen LogP contribution in [0.3, 0.4) is 0 Å². The van der Waals surface area contributed by atoms with Crippen molar-refractivity contribution in [1.29, 1.82) is 5.26 Å². The molecule has 8 heteroatoms. The molecular formula is C24H18F2N6. The average Bonchev–Trinajstić information content (AvgIpc) is 3.42. The molecule has 0 fully saturated rings. The fraction of sp³-hybridized carbons (Fsp3) is 0.167. The second-order valence-corrected chi connectivity index (χ2v) is 7.85. The van der Waals surface area contributed by atoms with Crippen molar-refractivity contribution < 1.29 is 8.78 Å². The second-order valence-electron chi connectivity index (χ2n) is 7.85. The maximum absolute atomic E-state index is 14.3. The fourth-order valence-electron chi connectivity index (χ4n) is 4.00. The van der Waals surface area contributed by atoms with E-state index in [-0.39, 0.29) is 5.56 Å². The highest BCUT2D eigenvalue weighted by Crippen LogP contribution is 2.41. The van der Waals surface area contributed by atoms with Gasteiger partial charge in [-0.25, -0.2) is 18.7 Å². The second kappa shape index (κ2) is 7.54. The summed E-state index contributed by atoms with van der Waals surface area (Å²) in [7, 11) is 0. The number of anilines is 1. The molecule has 1 aliphatic heterocycles. The smallest absolute Gasteiger partial charge is 0.178 e. The van der Waals surface area contributed by atoms with Gasteiger partial charge in [0.2, 0.25) is 0 Å². The number of benzene rings is 1. The minimum absolute atomic E-state index is 0.354. The lowest BCUT2D eigenvalue weighted by Gasteiger charge is -2.22. The maximum atomic E-state index is 14.3. The van der Waals surface area contributed by atoms with Gasteiger partial charge < -0.3 is 9.88 Å². The lowest BCUT2D eigenvalue weighted by atomic mass is 9.99. The van der Waals surface area contributed by atoms with Crippen molar-refractivity contribution in [1.82, 2.24) is 19.9 Å². The van der Waals surface area contributed by atoms with Crippen LogP contribution in [0.1, 0.15) is 24.5 Å². The molecule has 1 N–H and O–H groups in total. The van der Waals surface area contributed by atoms with Crippen molar-refractivity contribution in [3.05, 3.63) is 71.3 Å². The number of hydrogen-bond donors (Lipinski definition) is 1. The topological polar surface area (TPSA) is 81.5 Å². The van der Waals surface area contributed by atoms with Gasteiger partial charge in [-0.05, 0) is 49.6 Å². The largest absolute Gasteiger partial charge is 0.347 e. The van der Waals surface area contributed by atoms with Gasteiger partial charge in [-0.2, -0.15) is 5.26 Å². The van der Waals surface area contributed by atoms with Crippen LogP contribution < -0.4 is 4.90 Å². The zero-order chi connectivity index (χ0) is 22.4. The van der Waals surface area contributed by atoms with Gasteiger partial charge in [-0.3, -0.25) is 4.98 Å². The van der Waals surface area contributed by atoms with E-state index >= 15 is 0 Å². The molecule has 0 bridgehead atoms. The summed E-state index contributed by atoms with van der Waals surface area (Å²) < 4.78 is 28.3. The van der Waals surface area contributed by atoms with Gasteiger partial charge in [-0.1, -0.05) is 5.57 Å². The summed E-state index contributed by atoms with van der Waals surface area (Å²) in [6, 6.07) is 6.07. The van der Waals surface area contributed by atoms with Gasteiger partial charge in [-0.15, -0.1) is 0 Å². The Bertz CT molecular complexity index is 1450. The van der Waals surface area contributed by atoms with Crippen LogP contribution in [-0.2, 0) is 0 Å². The van der Waals surface area contributed by atoms with Crippen LogP contribution in [0.25, 0.3) is 33.7 Å². The van der Waals surface area contributed by atoms with Crippen LogP contribution in [-0.4, -0.2) is 26.5 Å². The molecule has 0 unspecified atom stereocenters. The number of imidazole rings is 1. The number of H-pyrrole nitrogens is 1. The summed E-state index contributed by atoms with van der Waals surface area (Å²) in [6.07, 6.45) is 7.90. The zero-order valence-corrected chi connectivity index (χ0v) is 17.4. The van der Waals surface area contributed by atoms with Crippen molar-refractivity contribution in [2.45, 2.75) is 20.3 Å². The van der Waals surface area contributed by atoms with Gasteiger partial charge in [0.05, 0.1) is 22.3 Å². The predicted molar refractivity (Wildman–Crippen MR) is 118 cm³/mol. The van der Waals surface area contributed by atoms with Crippen molar-refractivity contribution in [3.8, 4) is 28.6 Å². The van der Waals surface area contributed by atoms with Gasteiger partial charge in [0.25, 0.3) is 0 Å². The highest BCUT2D eigenvalue weighted by atomic mass is 19.2. The van der Waals surface area contributed by atoms with Crippen LogP contribution in [0, 0.1) is 29.9 Å². The van der Waals surface area contributed by atoms with E-state index in [2.05, 4.69) is 24.8 Å². The molecule has 4 heterocycles. The van der Waals surface area contributed by atoms with E-state index in [0.29, 0.717) is 28.2 Å². The highest BCUT2D eigenvalue weighted by molar-refractivity contribution is 5.91. The molecule has 158 valence electrons. The van der Waals surface area contributed by atoms with Crippen LogP contribution in [0.4, 0.5) is 14.5 Å². The number of nitrogens with one attached hydrogen (secondary N) is 1. The average molecular weight is 428 g/mol. The Hall–Kier alpha value is -4.12. The lowest BCUT2D eigenvalue weighted by Crippen LogP contribution is -2.15. The van der Waals surface area contributed by atoms with Crippen molar-refractivity contribution >= 4 is 16.9 Å². The van der Waals surface area contributed by atoms with Crippen LogP contribution >= 0.6 is 0 Å². The normalized spacial score (nSPS) is 13.5. The first-order chi connectivity index (χ1) is 15.5. The Morgan fingerprint density at radius 1 is 1.16 bits per heavy atom. The van der Waals surface area contributed by atoms with E-state index in [4.69, 9.17) is 0 Å². The SMILES string of the molecule is CC1=CN(c2c(-c3cc(F)c(F)c(C#N)c3)cncc2-c2nc3nccc(C)c3[nH]2)CC1. The van der Waals surface area contributed by atoms with Crippen molar-refractivity contribution in [2.75, 3.05) is 11.4 Å². The quantitative estimate of drug-likeness (QED) is 0.481. The number of hydrogen-bond acceptors (Lipinski definition) is 5. The van der Waals surface area contributed by atoms with Gasteiger partial charge >= 0.3 is 0 Å². The number of aryl methyl sites for hydroxylation is 1. The number of nitriles is 1. The summed E-state index contributed by atoms with van der Waals surface area (Å²) in [6.45, 7) is 4.74. The minimum Gasteiger partial charge on any atom is -0.347 e. The predicted octanol–water partition coefficient (Wildman–Crippen LogP) is 5.26. The maximum Gasteiger partial charge on any atom is 0.178 e. The summed E-state index contributed by atoms with van der Waals surface area (Å²) in [5.74, 6) is -1.66. The molecule has 0 saturated heterocycles. The number of aromatic nitrogens is 4. The Balaban J connectivity index is 1.78. The summed E-state index contributed by atoms with van der Waals surface area (Å²) in [4.78, 5) is 18.7. The Morgan fingerprint density at radius 3 is 2.69 bits per heavy atom. The summed E-state index contributed by atoms with van der Waals surface area (Å²) >= 11 is 0. The lowest BCUT2D eigenvalue weighted by molar-refractivity contribution is 0.507. The molecule has 0 amide bonds. The number of rotatable bonds is 3. The summed E-state index contributed by atoms with van der Waals surface area (Å²) in [5.41, 5.74) is 5.67. The minimum atomic E-state index is -1.15. The van der Waals surface area contributed by atoms with Crippen LogP contribution in [0.5, 0.6) is 0 Å². The third kappa shape index (κ3) is 3.19. The third-order valence-electron chi connectivity index (χ3n) is 5.64. The first-order valence-corrected chi connectivity index (χ1v) is 10.1. The molecule has 32 heavy (non-hydrogen) atoms. The Morgan fingerprint density at radius 2 is 1.97 bits per heavy atom. The first-order valence-electron chi connectivity index (χ1n) is 10.1. The Labute approximate surface area is 182 Å². The molecular weight excluding hydrogens is 410 g/mol. The van der Waals surface area contributed by atoms with Crippen molar-refractivity contribution in [2.24, 2.45) is 0 Å². The van der Waals surface area contributed by atoms with Crippen molar-refractivity contribution in [3.63, 3.8) is 0 Å². The molecule has 0 saturated carbocycles. The fourth-order valence-corrected chi connectivity index (χ4v) is 4.00. The van der Waals surface area contributed by atoms with E-state index < -0.39 is 11.6 Å². The monoisotopic (exact) mass is 428 g/mol. The first kappa shape index (κ1) is 19.8. The van der Waals surface area contributed by atoms with Crippen LogP contribution in [0.2, 0.25) is 0 Å². The Kier molecular flexibility index (Phi) is 4.67. The standard InChI is InChI=1S/C24H18F2N6/c1-13-4-6-32(12-13)22-17(15-7-16(9-27)20(26)19(25)8-15)10-28-11-18(22)23-30-21-14(2)3-5-29-24(21)31-23/h3,5,7-8,10-12H,4,6H2,1-2H3,(H,29,30,31). The van der Waals surface area contributed by atoms with E-state index in [1.54, 1.807) is 24.7 Å². The number of pyridine rings is 2. The molecule has 1 aromatic carbocycles. The number of halogens is 2. The molecule has 3 aromatic heterocycles. The molecule has 0 atom stereocenters. The van der Waals surface area contributed by atoms with E-state index in [1.165, 1.54) is 11.6 Å². The van der Waals surface area contributed by atoms with Crippen LogP contribution in [0.15, 0.2) is 48.6 Å². The summed E-state index contributed by atoms with van der Waals surface area (Å²) in [5, 5.41) is 9.25. The molecule has 0 radical (unpaired) electrons. The molecule has 0 aliphatic carbocycles. The van der Waals surface area contributed by atoms with E-state index in [0.717, 1.165) is 35.8 Å². The van der Waals surface area contributed by atoms with E-state index in [1.807, 2.05) is 26.1 Å². The zero-order valence-electron chi connectivity index (χ0n) is 17.4. The molecule has 5 rings (SSSR count). The third-order valence-corrected chi connectivity index (χ3v) is 5.64. The number of aromatic amines is 1. The molecule has 4 aromatic rings. The van der Waals surface area contributed by atoms with E-state index in [9.17, 15) is 14.0 Å². The highest BCUT2D eigenvalue weighted by Gasteiger charge is 2.24. The number of nitrogens with zero attached hydrogens (tertiary/aromatic N) is 5. The molecule has 1 aliphatic rings. The van der Waals surface area contributed by atoms with Gasteiger partial charge in [0.15, 0.2) is 17.3 Å². The van der Waals surface area contributed by atoms with Gasteiger partial charge in [0.1, 0.15) is 11.9 Å². The molecule has 6 nitrogen and oxygen atoms in total. The number of fused-ring (bicyclic) bond motifs is 1.